The minimum Gasteiger partial charge on any atom is -0.410 e. The zero-order valence-corrected chi connectivity index (χ0v) is 17.4. The van der Waals surface area contributed by atoms with E-state index in [1.807, 2.05) is 39.8 Å². The summed E-state index contributed by atoms with van der Waals surface area (Å²) in [6.45, 7) is 7.51. The number of benzene rings is 1. The van der Waals surface area contributed by atoms with Gasteiger partial charge in [-0.1, -0.05) is 23.9 Å². The Balaban J connectivity index is 1.67. The lowest BCUT2D eigenvalue weighted by molar-refractivity contribution is 0.466. The first-order chi connectivity index (χ1) is 12.3. The second-order valence-electron chi connectivity index (χ2n) is 5.96. The third-order valence-electron chi connectivity index (χ3n) is 3.76. The summed E-state index contributed by atoms with van der Waals surface area (Å²) in [7, 11) is -3.35. The van der Waals surface area contributed by atoms with Crippen LogP contribution in [0.2, 0.25) is 0 Å². The molecule has 0 atom stereocenters. The Hall–Kier alpha value is -1.71. The van der Waals surface area contributed by atoms with Crippen LogP contribution in [0.1, 0.15) is 21.8 Å². The average Bonchev–Trinajstić information content (AvgIpc) is 3.15. The van der Waals surface area contributed by atoms with Crippen molar-refractivity contribution in [3.63, 3.8) is 0 Å². The molecule has 138 valence electrons. The summed E-state index contributed by atoms with van der Waals surface area (Å²) in [5, 5.41) is 9.34. The quantitative estimate of drug-likeness (QED) is 0.569. The summed E-state index contributed by atoms with van der Waals surface area (Å²) >= 11 is 2.74. The fourth-order valence-electron chi connectivity index (χ4n) is 2.48. The number of sulfone groups is 1. The zero-order chi connectivity index (χ0) is 18.9. The van der Waals surface area contributed by atoms with Crippen molar-refractivity contribution in [1.29, 1.82) is 0 Å². The highest BCUT2D eigenvalue weighted by atomic mass is 32.2. The van der Waals surface area contributed by atoms with Crippen molar-refractivity contribution in [2.24, 2.45) is 0 Å². The van der Waals surface area contributed by atoms with Gasteiger partial charge in [-0.05, 0) is 44.9 Å². The summed E-state index contributed by atoms with van der Waals surface area (Å²) in [6.07, 6.45) is 0. The normalized spacial score (nSPS) is 11.8. The first kappa shape index (κ1) is 19.1. The molecule has 3 rings (SSSR count). The Morgan fingerprint density at radius 1 is 1.15 bits per heavy atom. The average molecular weight is 410 g/mol. The van der Waals surface area contributed by atoms with Gasteiger partial charge in [0.15, 0.2) is 9.84 Å². The van der Waals surface area contributed by atoms with Gasteiger partial charge in [0, 0.05) is 5.75 Å². The molecule has 0 aliphatic heterocycles. The van der Waals surface area contributed by atoms with Crippen LogP contribution in [0.25, 0.3) is 10.8 Å². The van der Waals surface area contributed by atoms with Crippen LogP contribution in [0.4, 0.5) is 0 Å². The van der Waals surface area contributed by atoms with Crippen molar-refractivity contribution in [2.75, 3.05) is 11.5 Å². The molecule has 0 saturated carbocycles. The maximum Gasteiger partial charge on any atom is 0.276 e. The molecule has 0 unspecified atom stereocenters. The first-order valence-corrected chi connectivity index (χ1v) is 11.4. The molecular weight excluding hydrogens is 390 g/mol. The summed E-state index contributed by atoms with van der Waals surface area (Å²) in [5.74, 6) is 0.782. The molecule has 0 aliphatic carbocycles. The van der Waals surface area contributed by atoms with Crippen molar-refractivity contribution in [1.82, 2.24) is 15.2 Å². The van der Waals surface area contributed by atoms with Crippen molar-refractivity contribution in [3.8, 4) is 10.8 Å². The van der Waals surface area contributed by atoms with Crippen LogP contribution in [0.15, 0.2) is 32.7 Å². The van der Waals surface area contributed by atoms with Gasteiger partial charge in [-0.25, -0.2) is 13.4 Å². The summed E-state index contributed by atoms with van der Waals surface area (Å²) in [4.78, 5) is 5.59. The van der Waals surface area contributed by atoms with Gasteiger partial charge in [-0.2, -0.15) is 0 Å². The van der Waals surface area contributed by atoms with Gasteiger partial charge in [-0.3, -0.25) is 0 Å². The van der Waals surface area contributed by atoms with Crippen molar-refractivity contribution in [3.05, 3.63) is 40.0 Å². The molecule has 0 bridgehead atoms. The van der Waals surface area contributed by atoms with Crippen molar-refractivity contribution >= 4 is 32.9 Å². The highest BCUT2D eigenvalue weighted by Gasteiger charge is 2.19. The predicted octanol–water partition coefficient (Wildman–Crippen LogP) is 3.99. The Bertz CT molecular complexity index is 1040. The summed E-state index contributed by atoms with van der Waals surface area (Å²) in [6, 6.07) is 5.46. The Labute approximate surface area is 161 Å². The molecule has 2 heterocycles. The molecule has 0 amide bonds. The lowest BCUT2D eigenvalue weighted by Crippen LogP contribution is -2.10. The predicted molar refractivity (Wildman–Crippen MR) is 104 cm³/mol. The molecule has 0 radical (unpaired) electrons. The van der Waals surface area contributed by atoms with Crippen molar-refractivity contribution < 1.29 is 12.8 Å². The second kappa shape index (κ2) is 7.50. The van der Waals surface area contributed by atoms with E-state index in [4.69, 9.17) is 4.42 Å². The number of nitrogens with zero attached hydrogens (tertiary/aromatic N) is 3. The molecule has 0 N–H and O–H groups in total. The van der Waals surface area contributed by atoms with E-state index in [-0.39, 0.29) is 5.75 Å². The number of hydrogen-bond donors (Lipinski definition) is 0. The van der Waals surface area contributed by atoms with Crippen LogP contribution in [-0.4, -0.2) is 35.1 Å². The fourth-order valence-corrected chi connectivity index (χ4v) is 6.09. The minimum atomic E-state index is -3.35. The standard InChI is InChI=1S/C17H19N3O3S3/c1-10-5-6-11(2)14(9-10)26(21,22)8-7-24-17-20-19-16(23-17)15-12(3)18-13(4)25-15/h5-6,9H,7-8H2,1-4H3. The third kappa shape index (κ3) is 4.16. The van der Waals surface area contributed by atoms with Gasteiger partial charge in [0.2, 0.25) is 0 Å². The zero-order valence-electron chi connectivity index (χ0n) is 14.9. The van der Waals surface area contributed by atoms with Gasteiger partial charge < -0.3 is 4.42 Å². The number of rotatable bonds is 6. The molecule has 0 fully saturated rings. The highest BCUT2D eigenvalue weighted by Crippen LogP contribution is 2.30. The Morgan fingerprint density at radius 2 is 1.92 bits per heavy atom. The number of aryl methyl sites for hydroxylation is 4. The molecule has 9 heteroatoms. The number of aromatic nitrogens is 3. The van der Waals surface area contributed by atoms with E-state index in [2.05, 4.69) is 15.2 Å². The van der Waals surface area contributed by atoms with Crippen LogP contribution in [-0.2, 0) is 9.84 Å². The van der Waals surface area contributed by atoms with E-state index in [0.29, 0.717) is 21.8 Å². The minimum absolute atomic E-state index is 0.0123. The Morgan fingerprint density at radius 3 is 2.62 bits per heavy atom. The largest absolute Gasteiger partial charge is 0.410 e. The molecule has 26 heavy (non-hydrogen) atoms. The molecular formula is C17H19N3O3S3. The summed E-state index contributed by atoms with van der Waals surface area (Å²) in [5.41, 5.74) is 2.54. The third-order valence-corrected chi connectivity index (χ3v) is 7.75. The number of hydrogen-bond acceptors (Lipinski definition) is 8. The monoisotopic (exact) mass is 409 g/mol. The molecule has 2 aromatic heterocycles. The molecule has 3 aromatic rings. The Kier molecular flexibility index (Phi) is 5.50. The van der Waals surface area contributed by atoms with Crippen LogP contribution in [0, 0.1) is 27.7 Å². The van der Waals surface area contributed by atoms with Gasteiger partial charge in [0.1, 0.15) is 4.88 Å². The van der Waals surface area contributed by atoms with E-state index in [1.165, 1.54) is 23.1 Å². The van der Waals surface area contributed by atoms with E-state index < -0.39 is 9.84 Å². The highest BCUT2D eigenvalue weighted by molar-refractivity contribution is 8.00. The first-order valence-electron chi connectivity index (χ1n) is 7.97. The lowest BCUT2D eigenvalue weighted by Gasteiger charge is -2.08. The number of thioether (sulfide) groups is 1. The molecule has 1 aromatic carbocycles. The SMILES string of the molecule is Cc1ccc(C)c(S(=O)(=O)CCSc2nnc(-c3sc(C)nc3C)o2)c1. The van der Waals surface area contributed by atoms with E-state index in [9.17, 15) is 8.42 Å². The summed E-state index contributed by atoms with van der Waals surface area (Å²) < 4.78 is 30.8. The number of thiazole rings is 1. The van der Waals surface area contributed by atoms with Crippen LogP contribution in [0.3, 0.4) is 0 Å². The van der Waals surface area contributed by atoms with Gasteiger partial charge in [0.25, 0.3) is 11.1 Å². The van der Waals surface area contributed by atoms with Gasteiger partial charge in [0.05, 0.1) is 21.3 Å². The van der Waals surface area contributed by atoms with E-state index in [0.717, 1.165) is 26.7 Å². The van der Waals surface area contributed by atoms with Crippen molar-refractivity contribution in [2.45, 2.75) is 37.8 Å². The van der Waals surface area contributed by atoms with Gasteiger partial charge >= 0.3 is 0 Å². The molecule has 0 spiro atoms. The molecule has 0 saturated heterocycles. The van der Waals surface area contributed by atoms with E-state index in [1.54, 1.807) is 6.07 Å². The van der Waals surface area contributed by atoms with Crippen LogP contribution >= 0.6 is 23.1 Å². The second-order valence-corrected chi connectivity index (χ2v) is 10.3. The maximum atomic E-state index is 12.6. The topological polar surface area (TPSA) is 86.0 Å². The van der Waals surface area contributed by atoms with Crippen LogP contribution < -0.4 is 0 Å². The van der Waals surface area contributed by atoms with Crippen LogP contribution in [0.5, 0.6) is 0 Å². The lowest BCUT2D eigenvalue weighted by atomic mass is 10.2. The smallest absolute Gasteiger partial charge is 0.276 e. The fraction of sp³-hybridized carbons (Fsp3) is 0.353. The maximum absolute atomic E-state index is 12.6. The van der Waals surface area contributed by atoms with Gasteiger partial charge in [-0.15, -0.1) is 21.5 Å². The molecule has 6 nitrogen and oxygen atoms in total. The van der Waals surface area contributed by atoms with E-state index >= 15 is 0 Å². The molecule has 0 aliphatic rings.